The Morgan fingerprint density at radius 1 is 1.08 bits per heavy atom. The quantitative estimate of drug-likeness (QED) is 0.246. The zero-order chi connectivity index (χ0) is 25.1. The first-order valence-electron chi connectivity index (χ1n) is 11.7. The van der Waals surface area contributed by atoms with Crippen molar-refractivity contribution in [3.05, 3.63) is 66.3 Å². The Morgan fingerprint density at radius 2 is 1.81 bits per heavy atom. The first-order valence-corrected chi connectivity index (χ1v) is 15.0. The van der Waals surface area contributed by atoms with Gasteiger partial charge in [0.05, 0.1) is 16.0 Å². The molecule has 1 aliphatic rings. The third-order valence-electron chi connectivity index (χ3n) is 6.28. The molecule has 10 heteroatoms. The highest BCUT2D eigenvalue weighted by Gasteiger charge is 2.28. The lowest BCUT2D eigenvalue weighted by atomic mass is 10.0. The highest BCUT2D eigenvalue weighted by molar-refractivity contribution is 8.00. The molecule has 2 aromatic heterocycles. The van der Waals surface area contributed by atoms with Crippen LogP contribution in [0.25, 0.3) is 21.3 Å². The highest BCUT2D eigenvalue weighted by Crippen LogP contribution is 2.37. The smallest absolute Gasteiger partial charge is 0.243 e. The number of sulfonamides is 1. The van der Waals surface area contributed by atoms with Gasteiger partial charge in [-0.15, -0.1) is 11.3 Å². The molecule has 1 fully saturated rings. The molecule has 1 amide bonds. The number of nitrogens with one attached hydrogen (secondary N) is 1. The molecule has 0 aliphatic carbocycles. The van der Waals surface area contributed by atoms with E-state index in [1.165, 1.54) is 18.1 Å². The van der Waals surface area contributed by atoms with Crippen molar-refractivity contribution in [2.75, 3.05) is 24.2 Å². The number of hydrogen-bond donors (Lipinski definition) is 1. The van der Waals surface area contributed by atoms with E-state index in [9.17, 15) is 13.2 Å². The Balaban J connectivity index is 1.24. The molecule has 186 valence electrons. The number of nitrogens with zero attached hydrogens (tertiary/aromatic N) is 3. The second-order valence-electron chi connectivity index (χ2n) is 8.82. The molecular formula is C26H26N4O3S3. The predicted molar refractivity (Wildman–Crippen MR) is 146 cm³/mol. The van der Waals surface area contributed by atoms with E-state index < -0.39 is 10.0 Å². The van der Waals surface area contributed by atoms with E-state index in [1.807, 2.05) is 30.3 Å². The molecule has 0 atom stereocenters. The van der Waals surface area contributed by atoms with Crippen molar-refractivity contribution in [2.45, 2.75) is 29.7 Å². The van der Waals surface area contributed by atoms with Crippen LogP contribution in [-0.4, -0.2) is 47.4 Å². The number of thiophene rings is 1. The fraction of sp³-hybridized carbons (Fsp3) is 0.269. The van der Waals surface area contributed by atoms with Crippen LogP contribution >= 0.6 is 23.1 Å². The van der Waals surface area contributed by atoms with Crippen LogP contribution in [-0.2, 0) is 14.8 Å². The molecule has 0 saturated carbocycles. The van der Waals surface area contributed by atoms with E-state index in [2.05, 4.69) is 27.6 Å². The van der Waals surface area contributed by atoms with Crippen LogP contribution in [0.2, 0.25) is 0 Å². The van der Waals surface area contributed by atoms with Gasteiger partial charge in [-0.25, -0.2) is 18.4 Å². The minimum absolute atomic E-state index is 0.169. The molecule has 36 heavy (non-hydrogen) atoms. The number of amides is 1. The summed E-state index contributed by atoms with van der Waals surface area (Å²) in [7, 11) is -3.52. The van der Waals surface area contributed by atoms with Crippen LogP contribution in [0.4, 0.5) is 5.69 Å². The zero-order valence-corrected chi connectivity index (χ0v) is 22.2. The lowest BCUT2D eigenvalue weighted by molar-refractivity contribution is -0.113. The van der Waals surface area contributed by atoms with Crippen molar-refractivity contribution in [3.8, 4) is 11.1 Å². The maximum atomic E-state index is 12.9. The standard InChI is InChI=1S/C26H26N4O3S3/c1-18-11-13-30(14-12-18)36(32,33)21-9-7-20(8-10-21)29-23(31)16-35-26-24-22(19-5-3-2-4-6-19)15-34-25(24)27-17-28-26/h2-10,15,17-18H,11-14,16H2,1H3,(H,29,31). The summed E-state index contributed by atoms with van der Waals surface area (Å²) < 4.78 is 27.4. The SMILES string of the molecule is CC1CCN(S(=O)(=O)c2ccc(NC(=O)CSc3ncnc4scc(-c5ccccc5)c34)cc2)CC1. The van der Waals surface area contributed by atoms with Gasteiger partial charge in [-0.2, -0.15) is 4.31 Å². The van der Waals surface area contributed by atoms with Gasteiger partial charge in [0.15, 0.2) is 0 Å². The number of carbonyl (C=O) groups excluding carboxylic acids is 1. The Morgan fingerprint density at radius 3 is 2.53 bits per heavy atom. The topological polar surface area (TPSA) is 92.3 Å². The minimum Gasteiger partial charge on any atom is -0.325 e. The summed E-state index contributed by atoms with van der Waals surface area (Å²) in [4.78, 5) is 22.6. The summed E-state index contributed by atoms with van der Waals surface area (Å²) in [6.45, 7) is 3.24. The molecule has 1 N–H and O–H groups in total. The average molecular weight is 539 g/mol. The molecule has 0 spiro atoms. The number of thioether (sulfide) groups is 1. The van der Waals surface area contributed by atoms with Gasteiger partial charge in [-0.05, 0) is 48.6 Å². The van der Waals surface area contributed by atoms with Crippen molar-refractivity contribution >= 4 is 54.9 Å². The average Bonchev–Trinajstić information content (AvgIpc) is 3.33. The van der Waals surface area contributed by atoms with Gasteiger partial charge in [0, 0.05) is 29.7 Å². The van der Waals surface area contributed by atoms with Crippen molar-refractivity contribution in [1.82, 2.24) is 14.3 Å². The summed E-state index contributed by atoms with van der Waals surface area (Å²) >= 11 is 2.91. The van der Waals surface area contributed by atoms with Crippen molar-refractivity contribution in [1.29, 1.82) is 0 Å². The van der Waals surface area contributed by atoms with Crippen molar-refractivity contribution < 1.29 is 13.2 Å². The van der Waals surface area contributed by atoms with Gasteiger partial charge in [0.25, 0.3) is 0 Å². The lowest BCUT2D eigenvalue weighted by Crippen LogP contribution is -2.37. The normalized spacial score (nSPS) is 15.2. The van der Waals surface area contributed by atoms with Crippen LogP contribution in [0.15, 0.2) is 76.2 Å². The number of carbonyl (C=O) groups is 1. The summed E-state index contributed by atoms with van der Waals surface area (Å²) in [6, 6.07) is 16.4. The molecule has 7 nitrogen and oxygen atoms in total. The van der Waals surface area contributed by atoms with Crippen molar-refractivity contribution in [3.63, 3.8) is 0 Å². The summed E-state index contributed by atoms with van der Waals surface area (Å²) in [6.07, 6.45) is 3.28. The largest absolute Gasteiger partial charge is 0.325 e. The molecule has 1 aliphatic heterocycles. The van der Waals surface area contributed by atoms with Gasteiger partial charge in [-0.1, -0.05) is 49.0 Å². The first-order chi connectivity index (χ1) is 17.4. The first kappa shape index (κ1) is 24.9. The minimum atomic E-state index is -3.52. The van der Waals surface area contributed by atoms with Crippen LogP contribution in [0.5, 0.6) is 0 Å². The van der Waals surface area contributed by atoms with Crippen LogP contribution in [0, 0.1) is 5.92 Å². The summed E-state index contributed by atoms with van der Waals surface area (Å²) in [5.41, 5.74) is 2.69. The Bertz CT molecular complexity index is 1460. The third-order valence-corrected chi connectivity index (χ3v) is 10.1. The van der Waals surface area contributed by atoms with Gasteiger partial charge >= 0.3 is 0 Å². The highest BCUT2D eigenvalue weighted by atomic mass is 32.2. The van der Waals surface area contributed by atoms with Gasteiger partial charge < -0.3 is 5.32 Å². The number of benzene rings is 2. The molecule has 1 saturated heterocycles. The van der Waals surface area contributed by atoms with E-state index in [0.717, 1.165) is 39.2 Å². The van der Waals surface area contributed by atoms with Gasteiger partial charge in [0.1, 0.15) is 16.2 Å². The molecule has 0 unspecified atom stereocenters. The van der Waals surface area contributed by atoms with E-state index in [-0.39, 0.29) is 16.6 Å². The fourth-order valence-corrected chi connectivity index (χ4v) is 7.47. The second-order valence-corrected chi connectivity index (χ2v) is 12.6. The number of hydrogen-bond acceptors (Lipinski definition) is 7. The molecule has 0 radical (unpaired) electrons. The summed E-state index contributed by atoms with van der Waals surface area (Å²) in [5.74, 6) is 0.529. The van der Waals surface area contributed by atoms with E-state index in [4.69, 9.17) is 0 Å². The molecule has 2 aromatic carbocycles. The predicted octanol–water partition coefficient (Wildman–Crippen LogP) is 5.51. The third kappa shape index (κ3) is 5.31. The second kappa shape index (κ2) is 10.7. The zero-order valence-electron chi connectivity index (χ0n) is 19.8. The Labute approximate surface area is 219 Å². The number of aromatic nitrogens is 2. The summed E-state index contributed by atoms with van der Waals surface area (Å²) in [5, 5.41) is 6.63. The number of piperidine rings is 1. The molecule has 4 aromatic rings. The maximum Gasteiger partial charge on any atom is 0.243 e. The molecular weight excluding hydrogens is 513 g/mol. The lowest BCUT2D eigenvalue weighted by Gasteiger charge is -2.29. The van der Waals surface area contributed by atoms with Gasteiger partial charge in [0.2, 0.25) is 15.9 Å². The number of anilines is 1. The maximum absolute atomic E-state index is 12.9. The van der Waals surface area contributed by atoms with Crippen molar-refractivity contribution in [2.24, 2.45) is 5.92 Å². The fourth-order valence-electron chi connectivity index (χ4n) is 4.20. The van der Waals surface area contributed by atoms with Gasteiger partial charge in [-0.3, -0.25) is 4.79 Å². The molecule has 5 rings (SSSR count). The Hall–Kier alpha value is -2.79. The monoisotopic (exact) mass is 538 g/mol. The Kier molecular flexibility index (Phi) is 7.38. The van der Waals surface area contributed by atoms with E-state index in [0.29, 0.717) is 24.7 Å². The van der Waals surface area contributed by atoms with Crippen LogP contribution < -0.4 is 5.32 Å². The molecule has 3 heterocycles. The van der Waals surface area contributed by atoms with Crippen LogP contribution in [0.1, 0.15) is 19.8 Å². The molecule has 0 bridgehead atoms. The number of fused-ring (bicyclic) bond motifs is 1. The van der Waals surface area contributed by atoms with E-state index in [1.54, 1.807) is 39.9 Å². The van der Waals surface area contributed by atoms with Crippen LogP contribution in [0.3, 0.4) is 0 Å². The van der Waals surface area contributed by atoms with E-state index >= 15 is 0 Å². The number of rotatable bonds is 7.